The van der Waals surface area contributed by atoms with E-state index in [9.17, 15) is 8.42 Å². The zero-order chi connectivity index (χ0) is 13.9. The molecule has 0 spiro atoms. The quantitative estimate of drug-likeness (QED) is 0.838. The Labute approximate surface area is 115 Å². The van der Waals surface area contributed by atoms with E-state index >= 15 is 0 Å². The van der Waals surface area contributed by atoms with E-state index in [4.69, 9.17) is 0 Å². The molecule has 1 aromatic carbocycles. The fraction of sp³-hybridized carbons (Fsp3) is 0.538. The van der Waals surface area contributed by atoms with E-state index in [1.165, 1.54) is 7.05 Å². The number of anilines is 1. The van der Waals surface area contributed by atoms with Crippen LogP contribution in [0.4, 0.5) is 5.69 Å². The molecule has 2 rings (SSSR count). The molecule has 1 unspecified atom stereocenters. The number of sulfonamides is 1. The van der Waals surface area contributed by atoms with Crippen LogP contribution in [0.25, 0.3) is 0 Å². The van der Waals surface area contributed by atoms with Gasteiger partial charge in [-0.05, 0) is 39.1 Å². The summed E-state index contributed by atoms with van der Waals surface area (Å²) in [5.41, 5.74) is 0.801. The summed E-state index contributed by atoms with van der Waals surface area (Å²) < 4.78 is 26.6. The molecule has 19 heavy (non-hydrogen) atoms. The summed E-state index contributed by atoms with van der Waals surface area (Å²) in [5, 5.41) is 3.17. The van der Waals surface area contributed by atoms with Crippen LogP contribution in [-0.2, 0) is 10.0 Å². The van der Waals surface area contributed by atoms with Gasteiger partial charge in [0.15, 0.2) is 0 Å². The van der Waals surface area contributed by atoms with E-state index in [1.807, 2.05) is 19.2 Å². The van der Waals surface area contributed by atoms with Gasteiger partial charge < -0.3 is 10.2 Å². The molecule has 0 bridgehead atoms. The SMILES string of the molecule is CNCC1CCCN1c1ccccc1S(=O)(=O)NC. The number of benzene rings is 1. The summed E-state index contributed by atoms with van der Waals surface area (Å²) in [6, 6.07) is 7.56. The van der Waals surface area contributed by atoms with E-state index in [0.29, 0.717) is 10.9 Å². The third-order valence-corrected chi connectivity index (χ3v) is 5.01. The average Bonchev–Trinajstić information content (AvgIpc) is 2.87. The number of hydrogen-bond acceptors (Lipinski definition) is 4. The molecule has 106 valence electrons. The minimum atomic E-state index is -3.42. The lowest BCUT2D eigenvalue weighted by molar-refractivity contribution is 0.585. The summed E-state index contributed by atoms with van der Waals surface area (Å²) >= 11 is 0. The second kappa shape index (κ2) is 5.90. The molecule has 5 nitrogen and oxygen atoms in total. The largest absolute Gasteiger partial charge is 0.366 e. The van der Waals surface area contributed by atoms with Crippen molar-refractivity contribution in [3.63, 3.8) is 0 Å². The Morgan fingerprint density at radius 1 is 1.32 bits per heavy atom. The van der Waals surface area contributed by atoms with Gasteiger partial charge in [0.1, 0.15) is 4.90 Å². The maximum absolute atomic E-state index is 12.1. The first kappa shape index (κ1) is 14.3. The maximum Gasteiger partial charge on any atom is 0.242 e. The molecule has 1 aliphatic heterocycles. The number of likely N-dealkylation sites (N-methyl/N-ethyl adjacent to an activating group) is 1. The van der Waals surface area contributed by atoms with Crippen molar-refractivity contribution >= 4 is 15.7 Å². The Hall–Kier alpha value is -1.11. The van der Waals surface area contributed by atoms with Gasteiger partial charge >= 0.3 is 0 Å². The predicted molar refractivity (Wildman–Crippen MR) is 77.0 cm³/mol. The molecule has 0 radical (unpaired) electrons. The van der Waals surface area contributed by atoms with Crippen molar-refractivity contribution in [1.82, 2.24) is 10.0 Å². The minimum absolute atomic E-state index is 0.359. The fourth-order valence-corrected chi connectivity index (χ4v) is 3.57. The molecule has 2 N–H and O–H groups in total. The maximum atomic E-state index is 12.1. The Bertz CT molecular complexity index is 530. The van der Waals surface area contributed by atoms with Crippen LogP contribution in [0, 0.1) is 0 Å². The van der Waals surface area contributed by atoms with E-state index in [1.54, 1.807) is 12.1 Å². The van der Waals surface area contributed by atoms with Gasteiger partial charge in [0.2, 0.25) is 10.0 Å². The van der Waals surface area contributed by atoms with Gasteiger partial charge in [-0.3, -0.25) is 0 Å². The first-order chi connectivity index (χ1) is 9.10. The van der Waals surface area contributed by atoms with Crippen LogP contribution in [0.5, 0.6) is 0 Å². The van der Waals surface area contributed by atoms with Crippen LogP contribution in [0.3, 0.4) is 0 Å². The van der Waals surface area contributed by atoms with Crippen LogP contribution < -0.4 is 14.9 Å². The third-order valence-electron chi connectivity index (χ3n) is 3.55. The van der Waals surface area contributed by atoms with Crippen molar-refractivity contribution in [2.24, 2.45) is 0 Å². The van der Waals surface area contributed by atoms with Crippen LogP contribution in [0.15, 0.2) is 29.2 Å². The van der Waals surface area contributed by atoms with Gasteiger partial charge in [-0.2, -0.15) is 0 Å². The summed E-state index contributed by atoms with van der Waals surface area (Å²) in [5.74, 6) is 0. The lowest BCUT2D eigenvalue weighted by atomic mass is 10.2. The van der Waals surface area contributed by atoms with E-state index < -0.39 is 10.0 Å². The third kappa shape index (κ3) is 2.91. The summed E-state index contributed by atoms with van der Waals surface area (Å²) in [6.45, 7) is 1.77. The van der Waals surface area contributed by atoms with Crippen molar-refractivity contribution in [1.29, 1.82) is 0 Å². The van der Waals surface area contributed by atoms with Gasteiger partial charge in [0, 0.05) is 19.1 Å². The molecule has 1 aromatic rings. The van der Waals surface area contributed by atoms with Crippen molar-refractivity contribution in [2.45, 2.75) is 23.8 Å². The standard InChI is InChI=1S/C13H21N3O2S/c1-14-10-11-6-5-9-16(11)12-7-3-4-8-13(12)19(17,18)15-2/h3-4,7-8,11,14-15H,5-6,9-10H2,1-2H3. The Kier molecular flexibility index (Phi) is 4.44. The van der Waals surface area contributed by atoms with Gasteiger partial charge in [0.25, 0.3) is 0 Å². The normalized spacial score (nSPS) is 19.9. The van der Waals surface area contributed by atoms with Crippen molar-refractivity contribution in [2.75, 3.05) is 32.1 Å². The lowest BCUT2D eigenvalue weighted by Gasteiger charge is -2.28. The molecule has 1 heterocycles. The molecule has 1 aliphatic rings. The van der Waals surface area contributed by atoms with Gasteiger partial charge in [0.05, 0.1) is 5.69 Å². The molecular formula is C13H21N3O2S. The highest BCUT2D eigenvalue weighted by Gasteiger charge is 2.28. The van der Waals surface area contributed by atoms with E-state index in [0.717, 1.165) is 31.6 Å². The monoisotopic (exact) mass is 283 g/mol. The summed E-state index contributed by atoms with van der Waals surface area (Å²) in [4.78, 5) is 2.56. The average molecular weight is 283 g/mol. The summed E-state index contributed by atoms with van der Waals surface area (Å²) in [7, 11) is -0.0477. The minimum Gasteiger partial charge on any atom is -0.366 e. The summed E-state index contributed by atoms with van der Waals surface area (Å²) in [6.07, 6.45) is 2.19. The highest BCUT2D eigenvalue weighted by Crippen LogP contribution is 2.30. The van der Waals surface area contributed by atoms with Gasteiger partial charge in [-0.25, -0.2) is 13.1 Å². The van der Waals surface area contributed by atoms with Crippen LogP contribution in [0.1, 0.15) is 12.8 Å². The molecule has 6 heteroatoms. The number of nitrogens with zero attached hydrogens (tertiary/aromatic N) is 1. The molecule has 0 amide bonds. The van der Waals surface area contributed by atoms with Crippen LogP contribution >= 0.6 is 0 Å². The van der Waals surface area contributed by atoms with E-state index in [2.05, 4.69) is 14.9 Å². The molecule has 0 aliphatic carbocycles. The predicted octanol–water partition coefficient (Wildman–Crippen LogP) is 0.783. The number of rotatable bonds is 5. The van der Waals surface area contributed by atoms with Gasteiger partial charge in [-0.15, -0.1) is 0 Å². The second-order valence-electron chi connectivity index (χ2n) is 4.72. The highest BCUT2D eigenvalue weighted by atomic mass is 32.2. The zero-order valence-electron chi connectivity index (χ0n) is 11.4. The molecule has 0 aromatic heterocycles. The smallest absolute Gasteiger partial charge is 0.242 e. The number of nitrogens with one attached hydrogen (secondary N) is 2. The second-order valence-corrected chi connectivity index (χ2v) is 6.58. The highest BCUT2D eigenvalue weighted by molar-refractivity contribution is 7.89. The lowest BCUT2D eigenvalue weighted by Crippen LogP contribution is -2.37. The fourth-order valence-electron chi connectivity index (χ4n) is 2.63. The topological polar surface area (TPSA) is 61.4 Å². The van der Waals surface area contributed by atoms with E-state index in [-0.39, 0.29) is 0 Å². The van der Waals surface area contributed by atoms with Crippen molar-refractivity contribution < 1.29 is 8.42 Å². The number of hydrogen-bond donors (Lipinski definition) is 2. The molecule has 1 fully saturated rings. The first-order valence-electron chi connectivity index (χ1n) is 6.54. The number of para-hydroxylation sites is 1. The van der Waals surface area contributed by atoms with Crippen LogP contribution in [-0.4, -0.2) is 41.6 Å². The first-order valence-corrected chi connectivity index (χ1v) is 8.02. The van der Waals surface area contributed by atoms with Gasteiger partial charge in [-0.1, -0.05) is 12.1 Å². The van der Waals surface area contributed by atoms with Crippen LogP contribution in [0.2, 0.25) is 0 Å². The Morgan fingerprint density at radius 3 is 2.74 bits per heavy atom. The molecule has 1 atom stereocenters. The molecular weight excluding hydrogens is 262 g/mol. The Morgan fingerprint density at radius 2 is 2.05 bits per heavy atom. The molecule has 0 saturated carbocycles. The van der Waals surface area contributed by atoms with Crippen molar-refractivity contribution in [3.8, 4) is 0 Å². The van der Waals surface area contributed by atoms with Crippen molar-refractivity contribution in [3.05, 3.63) is 24.3 Å². The zero-order valence-corrected chi connectivity index (χ0v) is 12.2. The molecule has 1 saturated heterocycles. The Balaban J connectivity index is 2.40.